The first-order valence-corrected chi connectivity index (χ1v) is 11.3. The van der Waals surface area contributed by atoms with Gasteiger partial charge in [-0.05, 0) is 68.8 Å². The molecule has 168 valence electrons. The lowest BCUT2D eigenvalue weighted by molar-refractivity contribution is -0.121. The van der Waals surface area contributed by atoms with Gasteiger partial charge in [-0.2, -0.15) is 4.98 Å². The van der Waals surface area contributed by atoms with E-state index in [1.807, 2.05) is 31.2 Å². The van der Waals surface area contributed by atoms with Crippen LogP contribution in [0.5, 0.6) is 5.75 Å². The SMILES string of the molecule is CCOc1ccc(NC(=O)C2CCCN(Cc3nc(-c4ccc(Cl)cc4Cl)no3)C2)cc1. The number of benzene rings is 2. The average Bonchev–Trinajstić information content (AvgIpc) is 3.23. The van der Waals surface area contributed by atoms with Crippen molar-refractivity contribution < 1.29 is 14.1 Å². The van der Waals surface area contributed by atoms with Crippen LogP contribution in [0.2, 0.25) is 10.0 Å². The first-order valence-electron chi connectivity index (χ1n) is 10.6. The Bertz CT molecular complexity index is 1070. The molecule has 7 nitrogen and oxygen atoms in total. The molecule has 0 bridgehead atoms. The Kier molecular flexibility index (Phi) is 7.29. The van der Waals surface area contributed by atoms with Gasteiger partial charge in [0, 0.05) is 22.8 Å². The van der Waals surface area contributed by atoms with Gasteiger partial charge in [0.15, 0.2) is 0 Å². The van der Waals surface area contributed by atoms with Gasteiger partial charge in [0.25, 0.3) is 0 Å². The summed E-state index contributed by atoms with van der Waals surface area (Å²) in [7, 11) is 0. The van der Waals surface area contributed by atoms with Crippen molar-refractivity contribution in [2.75, 3.05) is 25.0 Å². The topological polar surface area (TPSA) is 80.5 Å². The lowest BCUT2D eigenvalue weighted by Gasteiger charge is -2.30. The molecular formula is C23H24Cl2N4O3. The van der Waals surface area contributed by atoms with Crippen molar-refractivity contribution in [2.45, 2.75) is 26.3 Å². The van der Waals surface area contributed by atoms with Crippen LogP contribution in [0.1, 0.15) is 25.7 Å². The highest BCUT2D eigenvalue weighted by molar-refractivity contribution is 6.36. The molecular weight excluding hydrogens is 451 g/mol. The van der Waals surface area contributed by atoms with E-state index >= 15 is 0 Å². The van der Waals surface area contributed by atoms with Crippen LogP contribution in [-0.4, -0.2) is 40.6 Å². The number of carbonyl (C=O) groups is 1. The average molecular weight is 475 g/mol. The van der Waals surface area contributed by atoms with Crippen molar-refractivity contribution >= 4 is 34.8 Å². The van der Waals surface area contributed by atoms with E-state index in [9.17, 15) is 4.79 Å². The summed E-state index contributed by atoms with van der Waals surface area (Å²) >= 11 is 12.2. The highest BCUT2D eigenvalue weighted by atomic mass is 35.5. The largest absolute Gasteiger partial charge is 0.494 e. The predicted molar refractivity (Wildman–Crippen MR) is 124 cm³/mol. The fourth-order valence-corrected chi connectivity index (χ4v) is 4.24. The summed E-state index contributed by atoms with van der Waals surface area (Å²) in [6.07, 6.45) is 1.76. The van der Waals surface area contributed by atoms with Crippen molar-refractivity contribution in [1.29, 1.82) is 0 Å². The summed E-state index contributed by atoms with van der Waals surface area (Å²) < 4.78 is 10.9. The summed E-state index contributed by atoms with van der Waals surface area (Å²) in [6, 6.07) is 12.6. The van der Waals surface area contributed by atoms with E-state index in [2.05, 4.69) is 20.4 Å². The summed E-state index contributed by atoms with van der Waals surface area (Å²) in [5.74, 6) is 1.59. The maximum absolute atomic E-state index is 12.8. The first-order chi connectivity index (χ1) is 15.5. The van der Waals surface area contributed by atoms with E-state index < -0.39 is 0 Å². The van der Waals surface area contributed by atoms with Crippen LogP contribution >= 0.6 is 23.2 Å². The van der Waals surface area contributed by atoms with E-state index in [4.69, 9.17) is 32.5 Å². The lowest BCUT2D eigenvalue weighted by Crippen LogP contribution is -2.40. The Hall–Kier alpha value is -2.61. The fraction of sp³-hybridized carbons (Fsp3) is 0.348. The van der Waals surface area contributed by atoms with Gasteiger partial charge in [0.05, 0.1) is 24.1 Å². The first kappa shape index (κ1) is 22.6. The third kappa shape index (κ3) is 5.59. The zero-order chi connectivity index (χ0) is 22.5. The van der Waals surface area contributed by atoms with Gasteiger partial charge in [-0.1, -0.05) is 28.4 Å². The Morgan fingerprint density at radius 3 is 2.81 bits per heavy atom. The number of amides is 1. The highest BCUT2D eigenvalue weighted by Gasteiger charge is 2.27. The Balaban J connectivity index is 1.35. The number of hydrogen-bond donors (Lipinski definition) is 1. The lowest BCUT2D eigenvalue weighted by atomic mass is 9.97. The van der Waals surface area contributed by atoms with Crippen LogP contribution in [-0.2, 0) is 11.3 Å². The molecule has 0 radical (unpaired) electrons. The number of rotatable bonds is 7. The smallest absolute Gasteiger partial charge is 0.241 e. The van der Waals surface area contributed by atoms with Crippen molar-refractivity contribution in [3.05, 3.63) is 58.4 Å². The second-order valence-electron chi connectivity index (χ2n) is 7.66. The predicted octanol–water partition coefficient (Wildman–Crippen LogP) is 5.29. The number of nitrogens with one attached hydrogen (secondary N) is 1. The summed E-state index contributed by atoms with van der Waals surface area (Å²) in [4.78, 5) is 19.4. The molecule has 1 saturated heterocycles. The van der Waals surface area contributed by atoms with Gasteiger partial charge in [-0.15, -0.1) is 0 Å². The van der Waals surface area contributed by atoms with Gasteiger partial charge in [0.1, 0.15) is 5.75 Å². The minimum absolute atomic E-state index is 0.0121. The maximum Gasteiger partial charge on any atom is 0.241 e. The number of hydrogen-bond acceptors (Lipinski definition) is 6. The molecule has 1 unspecified atom stereocenters. The number of ether oxygens (including phenoxy) is 1. The monoisotopic (exact) mass is 474 g/mol. The maximum atomic E-state index is 12.8. The van der Waals surface area contributed by atoms with Crippen molar-refractivity contribution in [1.82, 2.24) is 15.0 Å². The van der Waals surface area contributed by atoms with Gasteiger partial charge >= 0.3 is 0 Å². The highest BCUT2D eigenvalue weighted by Crippen LogP contribution is 2.29. The third-order valence-electron chi connectivity index (χ3n) is 5.31. The molecule has 1 aliphatic rings. The second-order valence-corrected chi connectivity index (χ2v) is 8.50. The van der Waals surface area contributed by atoms with Crippen molar-refractivity contribution in [3.63, 3.8) is 0 Å². The minimum Gasteiger partial charge on any atom is -0.494 e. The molecule has 9 heteroatoms. The minimum atomic E-state index is -0.108. The van der Waals surface area contributed by atoms with Crippen molar-refractivity contribution in [2.24, 2.45) is 5.92 Å². The molecule has 1 amide bonds. The van der Waals surface area contributed by atoms with Gasteiger partial charge in [-0.3, -0.25) is 9.69 Å². The number of aromatic nitrogens is 2. The van der Waals surface area contributed by atoms with Crippen LogP contribution in [0.25, 0.3) is 11.4 Å². The molecule has 3 aromatic rings. The summed E-state index contributed by atoms with van der Waals surface area (Å²) in [5, 5.41) is 8.06. The molecule has 1 atom stereocenters. The second kappa shape index (κ2) is 10.3. The molecule has 0 aliphatic carbocycles. The Labute approximate surface area is 196 Å². The molecule has 1 N–H and O–H groups in total. The number of anilines is 1. The Morgan fingerprint density at radius 1 is 1.25 bits per heavy atom. The van der Waals surface area contributed by atoms with Crippen LogP contribution in [0.3, 0.4) is 0 Å². The molecule has 32 heavy (non-hydrogen) atoms. The van der Waals surface area contributed by atoms with Crippen molar-refractivity contribution in [3.8, 4) is 17.1 Å². The zero-order valence-corrected chi connectivity index (χ0v) is 19.2. The quantitative estimate of drug-likeness (QED) is 0.500. The molecule has 1 aromatic heterocycles. The molecule has 2 heterocycles. The van der Waals surface area contributed by atoms with Gasteiger partial charge in [-0.25, -0.2) is 0 Å². The van der Waals surface area contributed by atoms with E-state index in [1.54, 1.807) is 18.2 Å². The fourth-order valence-electron chi connectivity index (χ4n) is 3.75. The normalized spacial score (nSPS) is 16.7. The van der Waals surface area contributed by atoms with E-state index in [-0.39, 0.29) is 11.8 Å². The molecule has 1 aliphatic heterocycles. The van der Waals surface area contributed by atoms with Gasteiger partial charge < -0.3 is 14.6 Å². The molecule has 0 spiro atoms. The molecule has 4 rings (SSSR count). The summed E-state index contributed by atoms with van der Waals surface area (Å²) in [5.41, 5.74) is 1.43. The van der Waals surface area contributed by atoms with Crippen LogP contribution in [0.15, 0.2) is 47.0 Å². The zero-order valence-electron chi connectivity index (χ0n) is 17.7. The Morgan fingerprint density at radius 2 is 2.06 bits per heavy atom. The van der Waals surface area contributed by atoms with Crippen LogP contribution in [0, 0.1) is 5.92 Å². The standard InChI is InChI=1S/C23H24Cl2N4O3/c1-2-31-18-8-6-17(7-9-18)26-23(30)15-4-3-11-29(13-15)14-21-27-22(28-32-21)19-10-5-16(24)12-20(19)25/h5-10,12,15H,2-4,11,13-14H2,1H3,(H,26,30). The van der Waals surface area contributed by atoms with Crippen LogP contribution in [0.4, 0.5) is 5.69 Å². The van der Waals surface area contributed by atoms with E-state index in [1.165, 1.54) is 0 Å². The third-order valence-corrected chi connectivity index (χ3v) is 5.86. The van der Waals surface area contributed by atoms with Gasteiger partial charge in [0.2, 0.25) is 17.6 Å². The number of carbonyl (C=O) groups excluding carboxylic acids is 1. The number of likely N-dealkylation sites (tertiary alicyclic amines) is 1. The number of piperidine rings is 1. The molecule has 2 aromatic carbocycles. The summed E-state index contributed by atoms with van der Waals surface area (Å²) in [6.45, 7) is 4.52. The number of nitrogens with zero attached hydrogens (tertiary/aromatic N) is 3. The molecule has 1 fully saturated rings. The van der Waals surface area contributed by atoms with E-state index in [0.29, 0.717) is 47.0 Å². The molecule has 0 saturated carbocycles. The number of halogens is 2. The van der Waals surface area contributed by atoms with E-state index in [0.717, 1.165) is 30.8 Å². The van der Waals surface area contributed by atoms with Crippen LogP contribution < -0.4 is 10.1 Å².